The van der Waals surface area contributed by atoms with E-state index in [9.17, 15) is 4.79 Å². The van der Waals surface area contributed by atoms with Crippen LogP contribution in [0.15, 0.2) is 18.2 Å². The smallest absolute Gasteiger partial charge is 0.139 e. The van der Waals surface area contributed by atoms with Gasteiger partial charge in [0.25, 0.3) is 0 Å². The molecule has 4 atom stereocenters. The Morgan fingerprint density at radius 3 is 2.86 bits per heavy atom. The van der Waals surface area contributed by atoms with Crippen LogP contribution in [0.5, 0.6) is 0 Å². The number of hydrogen-bond acceptors (Lipinski definition) is 1. The zero-order valence-electron chi connectivity index (χ0n) is 13.3. The third-order valence-electron chi connectivity index (χ3n) is 6.91. The Hall–Kier alpha value is -1.11. The molecule has 0 N–H and O–H groups in total. The standard InChI is InChI=1S/C20H26O/c1-3-13-4-6-15-14(12-13)5-7-17-16(15)10-11-20(2)18(17)8-9-19(20)21/h4,6,12,16-18H,3,5,7-11H2,1-2H3/t16-,17-,18+,20+/m1/s1. The van der Waals surface area contributed by atoms with Crippen LogP contribution in [0.4, 0.5) is 0 Å². The van der Waals surface area contributed by atoms with Crippen LogP contribution in [0, 0.1) is 17.3 Å². The second-order valence-electron chi connectivity index (χ2n) is 7.72. The highest BCUT2D eigenvalue weighted by atomic mass is 16.1. The predicted octanol–water partition coefficient (Wildman–Crippen LogP) is 4.67. The molecule has 1 aromatic rings. The second-order valence-corrected chi connectivity index (χ2v) is 7.72. The van der Waals surface area contributed by atoms with E-state index < -0.39 is 0 Å². The molecule has 1 aromatic carbocycles. The summed E-state index contributed by atoms with van der Waals surface area (Å²) in [4.78, 5) is 12.3. The number of carbonyl (C=O) groups is 1. The first-order chi connectivity index (χ1) is 10.1. The zero-order chi connectivity index (χ0) is 14.6. The largest absolute Gasteiger partial charge is 0.299 e. The van der Waals surface area contributed by atoms with Gasteiger partial charge in [-0.15, -0.1) is 0 Å². The van der Waals surface area contributed by atoms with Crippen molar-refractivity contribution in [1.29, 1.82) is 0 Å². The third-order valence-corrected chi connectivity index (χ3v) is 6.91. The van der Waals surface area contributed by atoms with Gasteiger partial charge in [0.1, 0.15) is 5.78 Å². The summed E-state index contributed by atoms with van der Waals surface area (Å²) >= 11 is 0. The van der Waals surface area contributed by atoms with E-state index in [4.69, 9.17) is 0 Å². The van der Waals surface area contributed by atoms with Gasteiger partial charge in [0.2, 0.25) is 0 Å². The van der Waals surface area contributed by atoms with Crippen molar-refractivity contribution >= 4 is 5.78 Å². The molecule has 3 aliphatic carbocycles. The Morgan fingerprint density at radius 1 is 1.19 bits per heavy atom. The molecule has 0 radical (unpaired) electrons. The van der Waals surface area contributed by atoms with Crippen LogP contribution in [-0.2, 0) is 17.6 Å². The van der Waals surface area contributed by atoms with E-state index in [1.165, 1.54) is 24.8 Å². The molecule has 0 amide bonds. The maximum Gasteiger partial charge on any atom is 0.139 e. The lowest BCUT2D eigenvalue weighted by atomic mass is 9.55. The van der Waals surface area contributed by atoms with Gasteiger partial charge in [-0.05, 0) is 73.0 Å². The summed E-state index contributed by atoms with van der Waals surface area (Å²) in [5.74, 6) is 2.69. The summed E-state index contributed by atoms with van der Waals surface area (Å²) in [5, 5.41) is 0. The first kappa shape index (κ1) is 13.5. The van der Waals surface area contributed by atoms with Crippen LogP contribution in [0.2, 0.25) is 0 Å². The molecule has 0 unspecified atom stereocenters. The Bertz CT molecular complexity index is 588. The Labute approximate surface area is 128 Å². The Kier molecular flexibility index (Phi) is 3.03. The molecule has 2 fully saturated rings. The van der Waals surface area contributed by atoms with Gasteiger partial charge in [0, 0.05) is 11.8 Å². The average molecular weight is 282 g/mol. The lowest BCUT2D eigenvalue weighted by molar-refractivity contribution is -0.129. The van der Waals surface area contributed by atoms with Crippen molar-refractivity contribution in [3.8, 4) is 0 Å². The molecule has 0 spiro atoms. The Morgan fingerprint density at radius 2 is 2.05 bits per heavy atom. The number of ketones is 1. The second kappa shape index (κ2) is 4.69. The van der Waals surface area contributed by atoms with Crippen molar-refractivity contribution in [2.24, 2.45) is 17.3 Å². The van der Waals surface area contributed by atoms with Gasteiger partial charge in [-0.3, -0.25) is 4.79 Å². The fraction of sp³-hybridized carbons (Fsp3) is 0.650. The fourth-order valence-corrected chi connectivity index (χ4v) is 5.63. The number of rotatable bonds is 1. The number of benzene rings is 1. The molecule has 112 valence electrons. The minimum absolute atomic E-state index is 0.0159. The van der Waals surface area contributed by atoms with Crippen molar-refractivity contribution in [3.63, 3.8) is 0 Å². The summed E-state index contributed by atoms with van der Waals surface area (Å²) in [7, 11) is 0. The van der Waals surface area contributed by atoms with Crippen LogP contribution in [-0.4, -0.2) is 5.78 Å². The highest BCUT2D eigenvalue weighted by molar-refractivity contribution is 5.87. The molecule has 4 rings (SSSR count). The zero-order valence-corrected chi connectivity index (χ0v) is 13.3. The summed E-state index contributed by atoms with van der Waals surface area (Å²) in [6.45, 7) is 4.50. The molecule has 0 aliphatic heterocycles. The van der Waals surface area contributed by atoms with Gasteiger partial charge in [-0.1, -0.05) is 32.0 Å². The number of aryl methyl sites for hydroxylation is 2. The minimum Gasteiger partial charge on any atom is -0.299 e. The maximum absolute atomic E-state index is 12.3. The normalized spacial score (nSPS) is 37.8. The van der Waals surface area contributed by atoms with Gasteiger partial charge in [-0.2, -0.15) is 0 Å². The molecule has 0 saturated heterocycles. The third kappa shape index (κ3) is 1.86. The lowest BCUT2D eigenvalue weighted by Gasteiger charge is -2.48. The molecular weight excluding hydrogens is 256 g/mol. The molecule has 0 heterocycles. The highest BCUT2D eigenvalue weighted by Gasteiger charge is 2.54. The van der Waals surface area contributed by atoms with Gasteiger partial charge in [0.05, 0.1) is 0 Å². The molecule has 1 nitrogen and oxygen atoms in total. The molecule has 0 aromatic heterocycles. The van der Waals surface area contributed by atoms with E-state index >= 15 is 0 Å². The lowest BCUT2D eigenvalue weighted by Crippen LogP contribution is -2.42. The van der Waals surface area contributed by atoms with Gasteiger partial charge < -0.3 is 0 Å². The molecule has 2 saturated carbocycles. The van der Waals surface area contributed by atoms with Crippen LogP contribution in [0.1, 0.15) is 68.6 Å². The van der Waals surface area contributed by atoms with Crippen molar-refractivity contribution in [2.75, 3.05) is 0 Å². The van der Waals surface area contributed by atoms with Crippen molar-refractivity contribution in [2.45, 2.75) is 64.7 Å². The van der Waals surface area contributed by atoms with E-state index in [-0.39, 0.29) is 5.41 Å². The van der Waals surface area contributed by atoms with Crippen molar-refractivity contribution < 1.29 is 4.79 Å². The number of Topliss-reactive ketones (excluding diaryl/α,β-unsaturated/α-hetero) is 1. The average Bonchev–Trinajstić information content (AvgIpc) is 2.82. The molecular formula is C20H26O. The molecule has 0 bridgehead atoms. The van der Waals surface area contributed by atoms with E-state index in [1.54, 1.807) is 11.1 Å². The van der Waals surface area contributed by atoms with Crippen LogP contribution in [0.25, 0.3) is 0 Å². The summed E-state index contributed by atoms with van der Waals surface area (Å²) in [6, 6.07) is 7.18. The van der Waals surface area contributed by atoms with E-state index in [2.05, 4.69) is 32.0 Å². The van der Waals surface area contributed by atoms with E-state index in [0.29, 0.717) is 11.7 Å². The number of carbonyl (C=O) groups excluding carboxylic acids is 1. The van der Waals surface area contributed by atoms with Crippen LogP contribution in [0.3, 0.4) is 0 Å². The van der Waals surface area contributed by atoms with Gasteiger partial charge >= 0.3 is 0 Å². The summed E-state index contributed by atoms with van der Waals surface area (Å²) in [6.07, 6.45) is 8.00. The maximum atomic E-state index is 12.3. The molecule has 1 heteroatoms. The topological polar surface area (TPSA) is 17.1 Å². The first-order valence-corrected chi connectivity index (χ1v) is 8.78. The van der Waals surface area contributed by atoms with E-state index in [1.807, 2.05) is 0 Å². The summed E-state index contributed by atoms with van der Waals surface area (Å²) in [5.41, 5.74) is 4.71. The van der Waals surface area contributed by atoms with Crippen LogP contribution < -0.4 is 0 Å². The van der Waals surface area contributed by atoms with Crippen molar-refractivity contribution in [3.05, 3.63) is 34.9 Å². The first-order valence-electron chi connectivity index (χ1n) is 8.78. The number of fused-ring (bicyclic) bond motifs is 5. The van der Waals surface area contributed by atoms with E-state index in [0.717, 1.165) is 37.5 Å². The van der Waals surface area contributed by atoms with Crippen LogP contribution >= 0.6 is 0 Å². The van der Waals surface area contributed by atoms with Crippen molar-refractivity contribution in [1.82, 2.24) is 0 Å². The summed E-state index contributed by atoms with van der Waals surface area (Å²) < 4.78 is 0. The van der Waals surface area contributed by atoms with Gasteiger partial charge in [0.15, 0.2) is 0 Å². The molecule has 21 heavy (non-hydrogen) atoms. The molecule has 3 aliphatic rings. The minimum atomic E-state index is 0.0159. The highest BCUT2D eigenvalue weighted by Crippen LogP contribution is 2.59. The fourth-order valence-electron chi connectivity index (χ4n) is 5.63. The van der Waals surface area contributed by atoms with Gasteiger partial charge in [-0.25, -0.2) is 0 Å². The number of hydrogen-bond donors (Lipinski definition) is 0. The Balaban J connectivity index is 1.70. The predicted molar refractivity (Wildman–Crippen MR) is 85.4 cm³/mol. The SMILES string of the molecule is CCc1ccc2c(c1)CC[C@@H]1[C@@H]2CC[C@]2(C)C(=O)CC[C@@H]12. The quantitative estimate of drug-likeness (QED) is 0.731. The monoisotopic (exact) mass is 282 g/mol.